The Morgan fingerprint density at radius 3 is 3.00 bits per heavy atom. The van der Waals surface area contributed by atoms with Gasteiger partial charge in [0.25, 0.3) is 0 Å². The third-order valence-corrected chi connectivity index (χ3v) is 3.83. The van der Waals surface area contributed by atoms with E-state index in [1.165, 1.54) is 21.6 Å². The summed E-state index contributed by atoms with van der Waals surface area (Å²) >= 11 is 1.83. The SMILES string of the molecule is Cc1cc(C2NCc3ccccc32)cs1. The summed E-state index contributed by atoms with van der Waals surface area (Å²) in [6.07, 6.45) is 0. The highest BCUT2D eigenvalue weighted by Gasteiger charge is 2.22. The third-order valence-electron chi connectivity index (χ3n) is 2.95. The van der Waals surface area contributed by atoms with Gasteiger partial charge in [-0.3, -0.25) is 0 Å². The first-order valence-corrected chi connectivity index (χ1v) is 6.09. The molecule has 1 aromatic carbocycles. The van der Waals surface area contributed by atoms with Gasteiger partial charge in [-0.05, 0) is 35.1 Å². The highest BCUT2D eigenvalue weighted by atomic mass is 32.1. The summed E-state index contributed by atoms with van der Waals surface area (Å²) in [6, 6.07) is 11.4. The normalized spacial score (nSPS) is 19.1. The minimum Gasteiger partial charge on any atom is -0.302 e. The van der Waals surface area contributed by atoms with Crippen molar-refractivity contribution in [3.8, 4) is 0 Å². The Labute approximate surface area is 93.8 Å². The van der Waals surface area contributed by atoms with E-state index in [4.69, 9.17) is 0 Å². The number of benzene rings is 1. The molecule has 0 saturated carbocycles. The maximum atomic E-state index is 3.56. The minimum absolute atomic E-state index is 0.408. The van der Waals surface area contributed by atoms with Crippen LogP contribution in [-0.4, -0.2) is 0 Å². The van der Waals surface area contributed by atoms with Crippen LogP contribution in [0, 0.1) is 6.92 Å². The second-order valence-electron chi connectivity index (χ2n) is 4.00. The van der Waals surface area contributed by atoms with E-state index in [9.17, 15) is 0 Å². The number of hydrogen-bond donors (Lipinski definition) is 1. The summed E-state index contributed by atoms with van der Waals surface area (Å²) in [5.74, 6) is 0. The Bertz CT molecular complexity index is 487. The summed E-state index contributed by atoms with van der Waals surface area (Å²) in [6.45, 7) is 3.16. The molecule has 2 heteroatoms. The summed E-state index contributed by atoms with van der Waals surface area (Å²) in [4.78, 5) is 1.39. The van der Waals surface area contributed by atoms with Crippen LogP contribution in [-0.2, 0) is 6.54 Å². The molecule has 1 unspecified atom stereocenters. The van der Waals surface area contributed by atoms with Crippen molar-refractivity contribution >= 4 is 11.3 Å². The summed E-state index contributed by atoms with van der Waals surface area (Å²) in [7, 11) is 0. The maximum Gasteiger partial charge on any atom is 0.0590 e. The minimum atomic E-state index is 0.408. The van der Waals surface area contributed by atoms with Crippen molar-refractivity contribution < 1.29 is 0 Å². The van der Waals surface area contributed by atoms with E-state index < -0.39 is 0 Å². The Hall–Kier alpha value is -1.12. The lowest BCUT2D eigenvalue weighted by Gasteiger charge is -2.09. The van der Waals surface area contributed by atoms with Crippen molar-refractivity contribution in [3.05, 3.63) is 57.3 Å². The zero-order valence-corrected chi connectivity index (χ0v) is 9.47. The van der Waals surface area contributed by atoms with Gasteiger partial charge in [0.05, 0.1) is 6.04 Å². The number of fused-ring (bicyclic) bond motifs is 1. The Balaban J connectivity index is 2.04. The number of aryl methyl sites for hydroxylation is 1. The third kappa shape index (κ3) is 1.50. The molecule has 0 radical (unpaired) electrons. The van der Waals surface area contributed by atoms with Crippen LogP contribution in [0.25, 0.3) is 0 Å². The molecule has 0 bridgehead atoms. The fourth-order valence-corrected chi connectivity index (χ4v) is 2.94. The predicted molar refractivity (Wildman–Crippen MR) is 64.2 cm³/mol. The van der Waals surface area contributed by atoms with Gasteiger partial charge in [0, 0.05) is 11.4 Å². The molecule has 2 heterocycles. The molecule has 0 spiro atoms. The van der Waals surface area contributed by atoms with E-state index in [2.05, 4.69) is 48.0 Å². The Morgan fingerprint density at radius 1 is 1.33 bits per heavy atom. The fourth-order valence-electron chi connectivity index (χ4n) is 2.21. The number of hydrogen-bond acceptors (Lipinski definition) is 2. The molecule has 0 aliphatic carbocycles. The molecule has 3 rings (SSSR count). The second kappa shape index (κ2) is 3.47. The van der Waals surface area contributed by atoms with Gasteiger partial charge >= 0.3 is 0 Å². The van der Waals surface area contributed by atoms with E-state index in [1.54, 1.807) is 0 Å². The van der Waals surface area contributed by atoms with E-state index in [0.717, 1.165) is 6.54 Å². The Morgan fingerprint density at radius 2 is 2.20 bits per heavy atom. The molecule has 0 saturated heterocycles. The molecular formula is C13H13NS. The summed E-state index contributed by atoms with van der Waals surface area (Å²) < 4.78 is 0. The van der Waals surface area contributed by atoms with Crippen molar-refractivity contribution in [2.75, 3.05) is 0 Å². The average molecular weight is 215 g/mol. The maximum absolute atomic E-state index is 3.56. The molecule has 1 nitrogen and oxygen atoms in total. The van der Waals surface area contributed by atoms with Gasteiger partial charge < -0.3 is 5.32 Å². The molecule has 1 atom stereocenters. The topological polar surface area (TPSA) is 12.0 Å². The quantitative estimate of drug-likeness (QED) is 0.770. The monoisotopic (exact) mass is 215 g/mol. The predicted octanol–water partition coefficient (Wildman–Crippen LogP) is 3.25. The second-order valence-corrected chi connectivity index (χ2v) is 5.12. The van der Waals surface area contributed by atoms with Crippen molar-refractivity contribution in [2.24, 2.45) is 0 Å². The lowest BCUT2D eigenvalue weighted by atomic mass is 10.0. The molecule has 1 aliphatic rings. The van der Waals surface area contributed by atoms with E-state index in [1.807, 2.05) is 11.3 Å². The first-order chi connectivity index (χ1) is 7.34. The van der Waals surface area contributed by atoms with Crippen LogP contribution in [0.4, 0.5) is 0 Å². The molecule has 0 amide bonds. The van der Waals surface area contributed by atoms with Gasteiger partial charge in [0.15, 0.2) is 0 Å². The van der Waals surface area contributed by atoms with Crippen molar-refractivity contribution in [3.63, 3.8) is 0 Å². The zero-order valence-electron chi connectivity index (χ0n) is 8.66. The zero-order chi connectivity index (χ0) is 10.3. The van der Waals surface area contributed by atoms with Crippen LogP contribution in [0.5, 0.6) is 0 Å². The highest BCUT2D eigenvalue weighted by Crippen LogP contribution is 2.32. The largest absolute Gasteiger partial charge is 0.302 e. The fraction of sp³-hybridized carbons (Fsp3) is 0.231. The van der Waals surface area contributed by atoms with Gasteiger partial charge in [0.1, 0.15) is 0 Å². The molecule has 2 aromatic rings. The standard InChI is InChI=1S/C13H13NS/c1-9-6-11(8-15-9)13-12-5-3-2-4-10(12)7-14-13/h2-6,8,13-14H,7H2,1H3. The Kier molecular flexibility index (Phi) is 2.11. The van der Waals surface area contributed by atoms with Crippen LogP contribution in [0.1, 0.15) is 27.6 Å². The van der Waals surface area contributed by atoms with Crippen LogP contribution in [0.2, 0.25) is 0 Å². The molecule has 1 aromatic heterocycles. The summed E-state index contributed by atoms with van der Waals surface area (Å²) in [5, 5.41) is 5.82. The van der Waals surface area contributed by atoms with Crippen LogP contribution >= 0.6 is 11.3 Å². The van der Waals surface area contributed by atoms with E-state index in [0.29, 0.717) is 6.04 Å². The summed E-state index contributed by atoms with van der Waals surface area (Å²) in [5.41, 5.74) is 4.28. The van der Waals surface area contributed by atoms with Crippen molar-refractivity contribution in [2.45, 2.75) is 19.5 Å². The molecule has 76 valence electrons. The van der Waals surface area contributed by atoms with E-state index >= 15 is 0 Å². The molecular weight excluding hydrogens is 202 g/mol. The number of thiophene rings is 1. The van der Waals surface area contributed by atoms with Crippen molar-refractivity contribution in [1.29, 1.82) is 0 Å². The van der Waals surface area contributed by atoms with Gasteiger partial charge in [-0.15, -0.1) is 11.3 Å². The smallest absolute Gasteiger partial charge is 0.0590 e. The van der Waals surface area contributed by atoms with Crippen molar-refractivity contribution in [1.82, 2.24) is 5.32 Å². The number of nitrogens with one attached hydrogen (secondary N) is 1. The lowest BCUT2D eigenvalue weighted by molar-refractivity contribution is 0.669. The molecule has 1 aliphatic heterocycles. The van der Waals surface area contributed by atoms with Crippen LogP contribution < -0.4 is 5.32 Å². The number of rotatable bonds is 1. The lowest BCUT2D eigenvalue weighted by Crippen LogP contribution is -2.12. The van der Waals surface area contributed by atoms with Gasteiger partial charge in [-0.25, -0.2) is 0 Å². The first kappa shape index (κ1) is 9.13. The van der Waals surface area contributed by atoms with Crippen LogP contribution in [0.3, 0.4) is 0 Å². The van der Waals surface area contributed by atoms with Gasteiger partial charge in [-0.1, -0.05) is 24.3 Å². The molecule has 1 N–H and O–H groups in total. The molecule has 0 fully saturated rings. The molecule has 15 heavy (non-hydrogen) atoms. The first-order valence-electron chi connectivity index (χ1n) is 5.21. The van der Waals surface area contributed by atoms with E-state index in [-0.39, 0.29) is 0 Å². The van der Waals surface area contributed by atoms with Crippen LogP contribution in [0.15, 0.2) is 35.7 Å². The van der Waals surface area contributed by atoms with Gasteiger partial charge in [0.2, 0.25) is 0 Å². The highest BCUT2D eigenvalue weighted by molar-refractivity contribution is 7.10. The van der Waals surface area contributed by atoms with Gasteiger partial charge in [-0.2, -0.15) is 0 Å². The average Bonchev–Trinajstić information content (AvgIpc) is 2.83.